The molecule has 2 aromatic rings. The van der Waals surface area contributed by atoms with Crippen molar-refractivity contribution in [3.05, 3.63) is 58.9 Å². The molecular weight excluding hydrogens is 356 g/mol. The lowest BCUT2D eigenvalue weighted by atomic mass is 9.89. The van der Waals surface area contributed by atoms with Gasteiger partial charge in [0.1, 0.15) is 0 Å². The first-order valence-corrected chi connectivity index (χ1v) is 9.30. The highest BCUT2D eigenvalue weighted by Gasteiger charge is 2.29. The van der Waals surface area contributed by atoms with Crippen molar-refractivity contribution in [2.45, 2.75) is 25.3 Å². The molecule has 0 saturated carbocycles. The molecule has 0 radical (unpaired) electrons. The summed E-state index contributed by atoms with van der Waals surface area (Å²) >= 11 is 7.38. The summed E-state index contributed by atoms with van der Waals surface area (Å²) in [6.45, 7) is 2.07. The van der Waals surface area contributed by atoms with Gasteiger partial charge in [-0.05, 0) is 43.2 Å². The lowest BCUT2D eigenvalue weighted by Gasteiger charge is -2.30. The molecule has 5 nitrogen and oxygen atoms in total. The SMILES string of the molecule is CC1(c2cccc(NC(=O)Cc3ccc(Cl)cn3)c2)CCSC(N)=N1. The number of aromatic nitrogens is 1. The Labute approximate surface area is 156 Å². The van der Waals surface area contributed by atoms with Gasteiger partial charge in [0.2, 0.25) is 5.91 Å². The standard InChI is InChI=1S/C18H19ClN4OS/c1-18(7-8-25-17(20)23-18)12-3-2-4-15(9-12)22-16(24)10-14-6-5-13(19)11-21-14/h2-6,9,11H,7-8,10H2,1H3,(H2,20,23)(H,22,24). The Hall–Kier alpha value is -2.05. The third-order valence-corrected chi connectivity index (χ3v) is 5.11. The van der Waals surface area contributed by atoms with Crippen LogP contribution in [0, 0.1) is 0 Å². The summed E-state index contributed by atoms with van der Waals surface area (Å²) in [5.41, 5.74) is 7.99. The van der Waals surface area contributed by atoms with Crippen LogP contribution < -0.4 is 11.1 Å². The van der Waals surface area contributed by atoms with Gasteiger partial charge >= 0.3 is 0 Å². The maximum absolute atomic E-state index is 12.3. The molecule has 1 unspecified atom stereocenters. The second-order valence-electron chi connectivity index (χ2n) is 6.10. The number of amides is 1. The highest BCUT2D eigenvalue weighted by Crippen LogP contribution is 2.35. The van der Waals surface area contributed by atoms with Gasteiger partial charge in [0, 0.05) is 23.3 Å². The van der Waals surface area contributed by atoms with Crippen LogP contribution in [0.3, 0.4) is 0 Å². The number of nitrogens with one attached hydrogen (secondary N) is 1. The summed E-state index contributed by atoms with van der Waals surface area (Å²) < 4.78 is 0. The first-order chi connectivity index (χ1) is 11.9. The number of thioether (sulfide) groups is 1. The molecule has 3 N–H and O–H groups in total. The van der Waals surface area contributed by atoms with Gasteiger partial charge in [-0.2, -0.15) is 0 Å². The van der Waals surface area contributed by atoms with Gasteiger partial charge in [-0.3, -0.25) is 14.8 Å². The number of pyridine rings is 1. The van der Waals surface area contributed by atoms with Crippen LogP contribution >= 0.6 is 23.4 Å². The zero-order valence-electron chi connectivity index (χ0n) is 13.8. The van der Waals surface area contributed by atoms with Crippen molar-refractivity contribution in [2.75, 3.05) is 11.1 Å². The van der Waals surface area contributed by atoms with Crippen LogP contribution in [0.1, 0.15) is 24.6 Å². The van der Waals surface area contributed by atoms with E-state index in [1.165, 1.54) is 6.20 Å². The number of anilines is 1. The zero-order valence-corrected chi connectivity index (χ0v) is 15.4. The molecule has 0 aliphatic carbocycles. The highest BCUT2D eigenvalue weighted by atomic mass is 35.5. The summed E-state index contributed by atoms with van der Waals surface area (Å²) in [5, 5.41) is 4.08. The minimum absolute atomic E-state index is 0.126. The Bertz CT molecular complexity index is 809. The van der Waals surface area contributed by atoms with Gasteiger partial charge in [-0.15, -0.1) is 0 Å². The predicted molar refractivity (Wildman–Crippen MR) is 104 cm³/mol. The van der Waals surface area contributed by atoms with E-state index in [0.29, 0.717) is 15.9 Å². The summed E-state index contributed by atoms with van der Waals surface area (Å²) in [6, 6.07) is 11.2. The van der Waals surface area contributed by atoms with Crippen LogP contribution in [-0.4, -0.2) is 21.8 Å². The minimum atomic E-state index is -0.353. The van der Waals surface area contributed by atoms with Crippen LogP contribution in [0.15, 0.2) is 47.6 Å². The van der Waals surface area contributed by atoms with Crippen molar-refractivity contribution in [1.29, 1.82) is 0 Å². The van der Waals surface area contributed by atoms with Gasteiger partial charge in [0.05, 0.1) is 17.0 Å². The molecular formula is C18H19ClN4OS. The first kappa shape index (κ1) is 17.8. The molecule has 1 aromatic heterocycles. The van der Waals surface area contributed by atoms with E-state index in [1.807, 2.05) is 24.3 Å². The smallest absolute Gasteiger partial charge is 0.230 e. The maximum atomic E-state index is 12.3. The number of carbonyl (C=O) groups is 1. The van der Waals surface area contributed by atoms with E-state index >= 15 is 0 Å². The molecule has 0 saturated heterocycles. The number of aliphatic imine (C=N–C) groups is 1. The molecule has 3 rings (SSSR count). The molecule has 25 heavy (non-hydrogen) atoms. The Morgan fingerprint density at radius 2 is 2.24 bits per heavy atom. The normalized spacial score (nSPS) is 20.0. The number of halogens is 1. The van der Waals surface area contributed by atoms with Gasteiger partial charge in [0.15, 0.2) is 5.17 Å². The fourth-order valence-electron chi connectivity index (χ4n) is 2.71. The van der Waals surface area contributed by atoms with E-state index in [4.69, 9.17) is 17.3 Å². The Balaban J connectivity index is 1.72. The van der Waals surface area contributed by atoms with E-state index in [-0.39, 0.29) is 17.9 Å². The number of hydrogen-bond acceptors (Lipinski definition) is 5. The molecule has 1 aromatic carbocycles. The summed E-state index contributed by atoms with van der Waals surface area (Å²) in [5.74, 6) is 0.810. The zero-order chi connectivity index (χ0) is 17.9. The average molecular weight is 375 g/mol. The fraction of sp³-hybridized carbons (Fsp3) is 0.278. The van der Waals surface area contributed by atoms with Gasteiger partial charge in [0.25, 0.3) is 0 Å². The van der Waals surface area contributed by atoms with Crippen molar-refractivity contribution in [1.82, 2.24) is 4.98 Å². The number of hydrogen-bond donors (Lipinski definition) is 2. The minimum Gasteiger partial charge on any atom is -0.379 e. The van der Waals surface area contributed by atoms with Crippen molar-refractivity contribution < 1.29 is 4.79 Å². The van der Waals surface area contributed by atoms with Crippen molar-refractivity contribution in [3.63, 3.8) is 0 Å². The van der Waals surface area contributed by atoms with Crippen LogP contribution in [0.4, 0.5) is 5.69 Å². The molecule has 7 heteroatoms. The monoisotopic (exact) mass is 374 g/mol. The average Bonchev–Trinajstić information content (AvgIpc) is 2.57. The van der Waals surface area contributed by atoms with E-state index in [0.717, 1.165) is 23.4 Å². The van der Waals surface area contributed by atoms with E-state index in [2.05, 4.69) is 22.2 Å². The number of benzene rings is 1. The summed E-state index contributed by atoms with van der Waals surface area (Å²) in [6.07, 6.45) is 2.64. The highest BCUT2D eigenvalue weighted by molar-refractivity contribution is 8.13. The number of nitrogens with two attached hydrogens (primary N) is 1. The second kappa shape index (κ2) is 7.45. The Morgan fingerprint density at radius 3 is 2.96 bits per heavy atom. The largest absolute Gasteiger partial charge is 0.379 e. The number of carbonyl (C=O) groups excluding carboxylic acids is 1. The molecule has 0 spiro atoms. The van der Waals surface area contributed by atoms with Crippen LogP contribution in [-0.2, 0) is 16.8 Å². The molecule has 1 aliphatic heterocycles. The van der Waals surface area contributed by atoms with E-state index in [9.17, 15) is 4.79 Å². The topological polar surface area (TPSA) is 80.4 Å². The fourth-order valence-corrected chi connectivity index (χ4v) is 3.79. The maximum Gasteiger partial charge on any atom is 0.230 e. The Morgan fingerprint density at radius 1 is 1.40 bits per heavy atom. The molecule has 1 amide bonds. The van der Waals surface area contributed by atoms with Crippen molar-refractivity contribution in [2.24, 2.45) is 10.7 Å². The van der Waals surface area contributed by atoms with Crippen LogP contribution in [0.25, 0.3) is 0 Å². The lowest BCUT2D eigenvalue weighted by molar-refractivity contribution is -0.115. The number of nitrogens with zero attached hydrogens (tertiary/aromatic N) is 2. The second-order valence-corrected chi connectivity index (χ2v) is 7.65. The third kappa shape index (κ3) is 4.52. The lowest BCUT2D eigenvalue weighted by Crippen LogP contribution is -2.28. The van der Waals surface area contributed by atoms with E-state index < -0.39 is 0 Å². The van der Waals surface area contributed by atoms with Crippen molar-refractivity contribution >= 4 is 40.1 Å². The number of amidine groups is 1. The Kier molecular flexibility index (Phi) is 5.30. The van der Waals surface area contributed by atoms with E-state index in [1.54, 1.807) is 23.9 Å². The molecule has 2 heterocycles. The molecule has 0 fully saturated rings. The molecule has 1 atom stereocenters. The summed E-state index contributed by atoms with van der Waals surface area (Å²) in [7, 11) is 0. The van der Waals surface area contributed by atoms with Crippen LogP contribution in [0.5, 0.6) is 0 Å². The predicted octanol–water partition coefficient (Wildman–Crippen LogP) is 3.58. The molecule has 130 valence electrons. The van der Waals surface area contributed by atoms with Gasteiger partial charge in [-0.25, -0.2) is 0 Å². The quantitative estimate of drug-likeness (QED) is 0.857. The molecule has 1 aliphatic rings. The first-order valence-electron chi connectivity index (χ1n) is 7.93. The number of rotatable bonds is 4. The molecule has 0 bridgehead atoms. The van der Waals surface area contributed by atoms with Crippen molar-refractivity contribution in [3.8, 4) is 0 Å². The van der Waals surface area contributed by atoms with Gasteiger partial charge in [-0.1, -0.05) is 35.5 Å². The third-order valence-electron chi connectivity index (χ3n) is 4.09. The van der Waals surface area contributed by atoms with Gasteiger partial charge < -0.3 is 11.1 Å². The van der Waals surface area contributed by atoms with Crippen LogP contribution in [0.2, 0.25) is 5.02 Å². The summed E-state index contributed by atoms with van der Waals surface area (Å²) in [4.78, 5) is 21.0.